The highest BCUT2D eigenvalue weighted by molar-refractivity contribution is 6.67. The van der Waals surface area contributed by atoms with Crippen molar-refractivity contribution in [3.05, 3.63) is 203 Å². The minimum absolute atomic E-state index is 0.0941. The van der Waals surface area contributed by atoms with Crippen LogP contribution in [0.5, 0.6) is 0 Å². The number of nitriles is 2. The topological polar surface area (TPSA) is 131 Å². The number of hydrogen-bond acceptors (Lipinski definition) is 12. The Bertz CT molecular complexity index is 2790. The molecule has 0 aliphatic heterocycles. The SMILES string of the molecule is C=C(C)C(=O)Cl.C=C(C)C(=O)OCCN(C)c1ccc(C(C#N)(c2ccc(N(C)C)cc2)c2ccc(N(C)C)cc2)cc1.CN(C)c1ccc(C(C#N)(c2ccc(N(C)C)cc2)c2ccc(N(C)CCO)cc2)cc1. The van der Waals surface area contributed by atoms with Crippen molar-refractivity contribution in [3.63, 3.8) is 0 Å². The molecule has 0 aliphatic carbocycles. The summed E-state index contributed by atoms with van der Waals surface area (Å²) in [6, 6.07) is 54.1. The molecule has 12 nitrogen and oxygen atoms in total. The van der Waals surface area contributed by atoms with Crippen molar-refractivity contribution in [2.45, 2.75) is 24.7 Å². The van der Waals surface area contributed by atoms with Gasteiger partial charge < -0.3 is 39.2 Å². The lowest BCUT2D eigenvalue weighted by Crippen LogP contribution is -2.28. The molecular weight excluding hydrogens is 956 g/mol. The van der Waals surface area contributed by atoms with Crippen molar-refractivity contribution in [2.75, 3.05) is 126 Å². The van der Waals surface area contributed by atoms with Crippen LogP contribution < -0.4 is 29.4 Å². The van der Waals surface area contributed by atoms with Gasteiger partial charge in [0, 0.05) is 122 Å². The Labute approximate surface area is 451 Å². The van der Waals surface area contributed by atoms with E-state index in [1.165, 1.54) is 0 Å². The average molecular weight is 1030 g/mol. The van der Waals surface area contributed by atoms with Crippen LogP contribution in [-0.2, 0) is 25.2 Å². The second kappa shape index (κ2) is 27.3. The number of carbonyl (C=O) groups excluding carboxylic acids is 2. The van der Waals surface area contributed by atoms with Crippen molar-refractivity contribution >= 4 is 56.9 Å². The number of rotatable bonds is 19. The van der Waals surface area contributed by atoms with Crippen LogP contribution in [0.25, 0.3) is 0 Å². The van der Waals surface area contributed by atoms with E-state index >= 15 is 0 Å². The van der Waals surface area contributed by atoms with Gasteiger partial charge in [-0.3, -0.25) is 4.79 Å². The van der Waals surface area contributed by atoms with Crippen LogP contribution in [0.1, 0.15) is 47.2 Å². The maximum Gasteiger partial charge on any atom is 0.333 e. The highest BCUT2D eigenvalue weighted by atomic mass is 35.5. The van der Waals surface area contributed by atoms with Gasteiger partial charge in [-0.15, -0.1) is 0 Å². The van der Waals surface area contributed by atoms with Crippen molar-refractivity contribution in [3.8, 4) is 12.1 Å². The minimum atomic E-state index is -0.982. The second-order valence-corrected chi connectivity index (χ2v) is 19.5. The lowest BCUT2D eigenvalue weighted by molar-refractivity contribution is -0.138. The standard InChI is InChI=1S/C31H36N4O2.C27H32N4O.C4H5ClO/c1-23(2)30(36)37-21-20-35(7)29-18-12-26(13-19-29)31(22-32,24-8-14-27(15-9-24)33(3)4)25-10-16-28(17-11-25)34(5)6;1-29(2)24-12-6-21(7-13-24)27(20-28,22-8-14-25(15-9-22)30(3)4)23-10-16-26(17-11-23)31(5)18-19-32;1-3(2)4(5)6/h8-19H,1,20-21H2,2-7H3;6-17,32H,18-19H2,1-5H3;1H2,2H3. The summed E-state index contributed by atoms with van der Waals surface area (Å²) in [5.41, 5.74) is 10.6. The van der Waals surface area contributed by atoms with Gasteiger partial charge in [-0.25, -0.2) is 4.79 Å². The van der Waals surface area contributed by atoms with E-state index in [-0.39, 0.29) is 19.2 Å². The zero-order valence-corrected chi connectivity index (χ0v) is 46.5. The number of halogens is 1. The van der Waals surface area contributed by atoms with Crippen molar-refractivity contribution in [1.29, 1.82) is 10.5 Å². The second-order valence-electron chi connectivity index (χ2n) is 19.1. The Balaban J connectivity index is 0.000000295. The van der Waals surface area contributed by atoms with Crippen LogP contribution >= 0.6 is 11.6 Å². The molecule has 6 rings (SSSR count). The van der Waals surface area contributed by atoms with Crippen molar-refractivity contribution in [2.24, 2.45) is 0 Å². The fraction of sp³-hybridized carbons (Fsp3) is 0.290. The highest BCUT2D eigenvalue weighted by Crippen LogP contribution is 2.42. The molecule has 0 fully saturated rings. The van der Waals surface area contributed by atoms with E-state index in [0.29, 0.717) is 24.2 Å². The van der Waals surface area contributed by atoms with E-state index < -0.39 is 16.1 Å². The smallest absolute Gasteiger partial charge is 0.333 e. The molecule has 6 aromatic rings. The molecule has 0 saturated heterocycles. The Morgan fingerprint density at radius 3 is 0.880 bits per heavy atom. The first-order valence-corrected chi connectivity index (χ1v) is 24.8. The number of carbonyl (C=O) groups is 2. The van der Waals surface area contributed by atoms with Crippen molar-refractivity contribution < 1.29 is 19.4 Å². The van der Waals surface area contributed by atoms with E-state index in [0.717, 1.165) is 67.5 Å². The molecule has 0 aromatic heterocycles. The van der Waals surface area contributed by atoms with Crippen LogP contribution in [0.2, 0.25) is 0 Å². The fourth-order valence-electron chi connectivity index (χ4n) is 8.16. The van der Waals surface area contributed by atoms with Crippen LogP contribution in [0.15, 0.2) is 170 Å². The summed E-state index contributed by atoms with van der Waals surface area (Å²) in [6.45, 7) is 11.5. The van der Waals surface area contributed by atoms with Crippen LogP contribution in [0, 0.1) is 22.7 Å². The molecule has 6 aromatic carbocycles. The molecule has 0 spiro atoms. The van der Waals surface area contributed by atoms with Crippen molar-refractivity contribution in [1.82, 2.24) is 0 Å². The van der Waals surface area contributed by atoms with Gasteiger partial charge in [0.25, 0.3) is 0 Å². The lowest BCUT2D eigenvalue weighted by Gasteiger charge is -2.30. The Morgan fingerprint density at radius 1 is 0.467 bits per heavy atom. The molecule has 392 valence electrons. The number of esters is 1. The number of allylic oxidation sites excluding steroid dienone is 1. The highest BCUT2D eigenvalue weighted by Gasteiger charge is 2.38. The van der Waals surface area contributed by atoms with Crippen LogP contribution in [0.4, 0.5) is 34.1 Å². The molecule has 0 unspecified atom stereocenters. The number of aliphatic hydroxyl groups is 1. The number of ether oxygens (including phenoxy) is 1. The molecule has 0 bridgehead atoms. The molecule has 0 radical (unpaired) electrons. The first-order valence-electron chi connectivity index (χ1n) is 24.4. The van der Waals surface area contributed by atoms with Gasteiger partial charge in [0.15, 0.2) is 0 Å². The first kappa shape index (κ1) is 59.5. The summed E-state index contributed by atoms with van der Waals surface area (Å²) in [4.78, 5) is 33.7. The van der Waals surface area contributed by atoms with Gasteiger partial charge in [0.1, 0.15) is 17.4 Å². The lowest BCUT2D eigenvalue weighted by atomic mass is 9.70. The quantitative estimate of drug-likeness (QED) is 0.0359. The summed E-state index contributed by atoms with van der Waals surface area (Å²) in [6.07, 6.45) is 0. The summed E-state index contributed by atoms with van der Waals surface area (Å²) in [7, 11) is 19.9. The number of anilines is 6. The fourth-order valence-corrected chi connectivity index (χ4v) is 8.16. The molecule has 0 amide bonds. The van der Waals surface area contributed by atoms with E-state index in [1.54, 1.807) is 13.8 Å². The predicted molar refractivity (Wildman–Crippen MR) is 312 cm³/mol. The molecule has 0 aliphatic rings. The molecule has 0 atom stereocenters. The Morgan fingerprint density at radius 2 is 0.693 bits per heavy atom. The van der Waals surface area contributed by atoms with E-state index in [9.17, 15) is 25.2 Å². The maximum atomic E-state index is 11.7. The van der Waals surface area contributed by atoms with Gasteiger partial charge in [0.2, 0.25) is 5.24 Å². The zero-order chi connectivity index (χ0) is 55.6. The molecule has 75 heavy (non-hydrogen) atoms. The van der Waals surface area contributed by atoms with E-state index in [2.05, 4.69) is 59.4 Å². The van der Waals surface area contributed by atoms with Gasteiger partial charge in [-0.2, -0.15) is 10.5 Å². The predicted octanol–water partition coefficient (Wildman–Crippen LogP) is 10.7. The molecule has 13 heteroatoms. The van der Waals surface area contributed by atoms with Gasteiger partial charge in [-0.1, -0.05) is 86.0 Å². The third kappa shape index (κ3) is 14.8. The van der Waals surface area contributed by atoms with Gasteiger partial charge in [-0.05, 0) is 132 Å². The maximum absolute atomic E-state index is 11.7. The summed E-state index contributed by atoms with van der Waals surface area (Å²) < 4.78 is 5.23. The zero-order valence-electron chi connectivity index (χ0n) is 45.7. The normalized spacial score (nSPS) is 10.7. The Hall–Kier alpha value is -8.03. The Kier molecular flexibility index (Phi) is 21.7. The van der Waals surface area contributed by atoms with Gasteiger partial charge in [0.05, 0.1) is 25.3 Å². The summed E-state index contributed by atoms with van der Waals surface area (Å²) >= 11 is 4.87. The third-order valence-corrected chi connectivity index (χ3v) is 13.2. The molecular formula is C62H73ClN8O4. The van der Waals surface area contributed by atoms with Crippen LogP contribution in [0.3, 0.4) is 0 Å². The first-order chi connectivity index (χ1) is 35.6. The van der Waals surface area contributed by atoms with Crippen LogP contribution in [-0.4, -0.2) is 113 Å². The number of benzene rings is 6. The molecule has 0 saturated carbocycles. The number of aliphatic hydroxyl groups excluding tert-OH is 1. The van der Waals surface area contributed by atoms with E-state index in [1.807, 2.05) is 211 Å². The largest absolute Gasteiger partial charge is 0.460 e. The van der Waals surface area contributed by atoms with E-state index in [4.69, 9.17) is 16.3 Å². The number of hydrogen-bond donors (Lipinski definition) is 1. The number of nitrogens with zero attached hydrogens (tertiary/aromatic N) is 8. The monoisotopic (exact) mass is 1030 g/mol. The third-order valence-electron chi connectivity index (χ3n) is 12.9. The number of likely N-dealkylation sites (N-methyl/N-ethyl adjacent to an activating group) is 2. The molecule has 1 N–H and O–H groups in total. The average Bonchev–Trinajstić information content (AvgIpc) is 3.40. The minimum Gasteiger partial charge on any atom is -0.460 e. The summed E-state index contributed by atoms with van der Waals surface area (Å²) in [5.74, 6) is -0.386. The molecule has 0 heterocycles. The summed E-state index contributed by atoms with van der Waals surface area (Å²) in [5, 5.41) is 30.2. The van der Waals surface area contributed by atoms with Gasteiger partial charge >= 0.3 is 5.97 Å².